The van der Waals surface area contributed by atoms with Crippen molar-refractivity contribution in [2.24, 2.45) is 11.8 Å². The van der Waals surface area contributed by atoms with E-state index in [2.05, 4.69) is 5.32 Å². The summed E-state index contributed by atoms with van der Waals surface area (Å²) in [5.74, 6) is 0.580. The maximum atomic E-state index is 12.4. The first-order valence-electron chi connectivity index (χ1n) is 8.58. The molecule has 2 aliphatic rings. The van der Waals surface area contributed by atoms with E-state index >= 15 is 0 Å². The summed E-state index contributed by atoms with van der Waals surface area (Å²) in [5.41, 5.74) is 0.690. The minimum absolute atomic E-state index is 0.0537. The van der Waals surface area contributed by atoms with Crippen molar-refractivity contribution >= 4 is 29.1 Å². The lowest BCUT2D eigenvalue weighted by Crippen LogP contribution is -2.37. The van der Waals surface area contributed by atoms with Crippen LogP contribution in [-0.4, -0.2) is 45.2 Å². The summed E-state index contributed by atoms with van der Waals surface area (Å²) in [7, 11) is 1.54. The monoisotopic (exact) mass is 366 g/mol. The van der Waals surface area contributed by atoms with E-state index in [1.54, 1.807) is 30.2 Å². The van der Waals surface area contributed by atoms with Gasteiger partial charge in [0.2, 0.25) is 11.8 Å². The standard InChI is InChI=1S/C18H23ClN2O4/c1-24-16-3-2-14(9-15(16)19)21-11-13(8-17(21)22)18(23)20-10-12-4-6-25-7-5-12/h2-3,9,12-13H,4-8,10-11H2,1H3,(H,20,23)/t13-/m1/s1. The van der Waals surface area contributed by atoms with E-state index in [1.807, 2.05) is 0 Å². The first-order valence-corrected chi connectivity index (χ1v) is 8.95. The van der Waals surface area contributed by atoms with Gasteiger partial charge in [-0.1, -0.05) is 11.6 Å². The van der Waals surface area contributed by atoms with Crippen LogP contribution in [0.3, 0.4) is 0 Å². The Hall–Kier alpha value is -1.79. The fraction of sp³-hybridized carbons (Fsp3) is 0.556. The van der Waals surface area contributed by atoms with Gasteiger partial charge in [-0.15, -0.1) is 0 Å². The van der Waals surface area contributed by atoms with Crippen LogP contribution in [0.4, 0.5) is 5.69 Å². The van der Waals surface area contributed by atoms with E-state index < -0.39 is 0 Å². The Morgan fingerprint density at radius 1 is 1.40 bits per heavy atom. The summed E-state index contributed by atoms with van der Waals surface area (Å²) in [6, 6.07) is 5.20. The molecule has 6 nitrogen and oxygen atoms in total. The number of carbonyl (C=O) groups excluding carboxylic acids is 2. The predicted molar refractivity (Wildman–Crippen MR) is 95.0 cm³/mol. The number of carbonyl (C=O) groups is 2. The van der Waals surface area contributed by atoms with Crippen molar-refractivity contribution < 1.29 is 19.1 Å². The summed E-state index contributed by atoms with van der Waals surface area (Å²) in [4.78, 5) is 26.3. The molecule has 0 spiro atoms. The van der Waals surface area contributed by atoms with Gasteiger partial charge in [0.1, 0.15) is 5.75 Å². The zero-order chi connectivity index (χ0) is 17.8. The summed E-state index contributed by atoms with van der Waals surface area (Å²) in [6.07, 6.45) is 2.17. The Bertz CT molecular complexity index is 646. The number of benzene rings is 1. The molecule has 2 heterocycles. The van der Waals surface area contributed by atoms with Crippen molar-refractivity contribution in [2.45, 2.75) is 19.3 Å². The number of nitrogens with one attached hydrogen (secondary N) is 1. The lowest BCUT2D eigenvalue weighted by molar-refractivity contribution is -0.126. The van der Waals surface area contributed by atoms with Crippen molar-refractivity contribution in [3.05, 3.63) is 23.2 Å². The maximum Gasteiger partial charge on any atom is 0.227 e. The third-order valence-corrected chi connectivity index (χ3v) is 5.14. The zero-order valence-electron chi connectivity index (χ0n) is 14.3. The molecule has 0 aromatic heterocycles. The highest BCUT2D eigenvalue weighted by Crippen LogP contribution is 2.32. The fourth-order valence-electron chi connectivity index (χ4n) is 3.30. The van der Waals surface area contributed by atoms with Gasteiger partial charge < -0.3 is 19.7 Å². The molecule has 1 aromatic carbocycles. The maximum absolute atomic E-state index is 12.4. The second-order valence-electron chi connectivity index (χ2n) is 6.53. The van der Waals surface area contributed by atoms with Crippen LogP contribution in [0, 0.1) is 11.8 Å². The van der Waals surface area contributed by atoms with Crippen LogP contribution in [0.1, 0.15) is 19.3 Å². The largest absolute Gasteiger partial charge is 0.495 e. The number of methoxy groups -OCH3 is 1. The fourth-order valence-corrected chi connectivity index (χ4v) is 3.55. The second-order valence-corrected chi connectivity index (χ2v) is 6.93. The number of hydrogen-bond donors (Lipinski definition) is 1. The topological polar surface area (TPSA) is 67.9 Å². The molecule has 1 atom stereocenters. The molecule has 2 aliphatic heterocycles. The molecular weight excluding hydrogens is 344 g/mol. The number of halogens is 1. The number of rotatable bonds is 5. The molecule has 0 saturated carbocycles. The molecule has 0 radical (unpaired) electrons. The Labute approximate surface area is 152 Å². The van der Waals surface area contributed by atoms with Crippen LogP contribution < -0.4 is 15.0 Å². The molecule has 0 bridgehead atoms. The van der Waals surface area contributed by atoms with Gasteiger partial charge in [0, 0.05) is 38.4 Å². The summed E-state index contributed by atoms with van der Waals surface area (Å²) < 4.78 is 10.5. The minimum atomic E-state index is -0.326. The number of anilines is 1. The number of amides is 2. The van der Waals surface area contributed by atoms with Gasteiger partial charge in [0.15, 0.2) is 0 Å². The Balaban J connectivity index is 1.57. The molecule has 1 aromatic rings. The highest BCUT2D eigenvalue weighted by atomic mass is 35.5. The molecule has 25 heavy (non-hydrogen) atoms. The Morgan fingerprint density at radius 2 is 2.16 bits per heavy atom. The first-order chi connectivity index (χ1) is 12.1. The van der Waals surface area contributed by atoms with Crippen LogP contribution in [0.2, 0.25) is 5.02 Å². The summed E-state index contributed by atoms with van der Waals surface area (Å²) in [6.45, 7) is 2.55. The smallest absolute Gasteiger partial charge is 0.227 e. The van der Waals surface area contributed by atoms with E-state index in [9.17, 15) is 9.59 Å². The van der Waals surface area contributed by atoms with E-state index in [-0.39, 0.29) is 24.2 Å². The predicted octanol–water partition coefficient (Wildman–Crippen LogP) is 2.24. The van der Waals surface area contributed by atoms with Crippen LogP contribution in [0.25, 0.3) is 0 Å². The van der Waals surface area contributed by atoms with Gasteiger partial charge in [-0.25, -0.2) is 0 Å². The van der Waals surface area contributed by atoms with Gasteiger partial charge in [0.25, 0.3) is 0 Å². The van der Waals surface area contributed by atoms with Crippen molar-refractivity contribution in [1.82, 2.24) is 5.32 Å². The molecule has 3 rings (SSSR count). The van der Waals surface area contributed by atoms with Gasteiger partial charge in [0.05, 0.1) is 18.1 Å². The van der Waals surface area contributed by atoms with Crippen LogP contribution in [0.5, 0.6) is 5.75 Å². The SMILES string of the molecule is COc1ccc(N2C[C@H](C(=O)NCC3CCOCC3)CC2=O)cc1Cl. The molecule has 136 valence electrons. The molecular formula is C18H23ClN2O4. The van der Waals surface area contributed by atoms with E-state index in [0.717, 1.165) is 26.1 Å². The van der Waals surface area contributed by atoms with Gasteiger partial charge in [-0.2, -0.15) is 0 Å². The lowest BCUT2D eigenvalue weighted by Gasteiger charge is -2.23. The minimum Gasteiger partial charge on any atom is -0.495 e. The summed E-state index contributed by atoms with van der Waals surface area (Å²) in [5, 5.41) is 3.44. The van der Waals surface area contributed by atoms with Gasteiger partial charge in [-0.3, -0.25) is 9.59 Å². The van der Waals surface area contributed by atoms with E-state index in [4.69, 9.17) is 21.1 Å². The van der Waals surface area contributed by atoms with Gasteiger partial charge >= 0.3 is 0 Å². The molecule has 2 fully saturated rings. The summed E-state index contributed by atoms with van der Waals surface area (Å²) >= 11 is 6.14. The molecule has 0 aliphatic carbocycles. The van der Waals surface area contributed by atoms with Crippen LogP contribution in [-0.2, 0) is 14.3 Å². The normalized spacial score (nSPS) is 21.4. The number of ether oxygens (including phenoxy) is 2. The van der Waals surface area contributed by atoms with Gasteiger partial charge in [-0.05, 0) is 37.0 Å². The van der Waals surface area contributed by atoms with Crippen molar-refractivity contribution in [1.29, 1.82) is 0 Å². The zero-order valence-corrected chi connectivity index (χ0v) is 15.1. The van der Waals surface area contributed by atoms with Crippen LogP contribution >= 0.6 is 11.6 Å². The van der Waals surface area contributed by atoms with E-state index in [1.165, 1.54) is 0 Å². The molecule has 0 unspecified atom stereocenters. The molecule has 1 N–H and O–H groups in total. The Morgan fingerprint density at radius 3 is 2.84 bits per heavy atom. The lowest BCUT2D eigenvalue weighted by atomic mass is 10.00. The number of nitrogens with zero attached hydrogens (tertiary/aromatic N) is 1. The highest BCUT2D eigenvalue weighted by Gasteiger charge is 2.35. The van der Waals surface area contributed by atoms with Crippen molar-refractivity contribution in [3.63, 3.8) is 0 Å². The quantitative estimate of drug-likeness (QED) is 0.867. The highest BCUT2D eigenvalue weighted by molar-refractivity contribution is 6.32. The average Bonchev–Trinajstić information content (AvgIpc) is 3.02. The molecule has 2 amide bonds. The van der Waals surface area contributed by atoms with E-state index in [0.29, 0.717) is 35.5 Å². The third-order valence-electron chi connectivity index (χ3n) is 4.85. The average molecular weight is 367 g/mol. The third kappa shape index (κ3) is 4.25. The Kier molecular flexibility index (Phi) is 5.81. The van der Waals surface area contributed by atoms with Crippen molar-refractivity contribution in [3.8, 4) is 5.75 Å². The second kappa shape index (κ2) is 8.06. The molecule has 2 saturated heterocycles. The number of hydrogen-bond acceptors (Lipinski definition) is 4. The first kappa shape index (κ1) is 18.0. The van der Waals surface area contributed by atoms with Crippen molar-refractivity contribution in [2.75, 3.05) is 38.3 Å². The van der Waals surface area contributed by atoms with Crippen LogP contribution in [0.15, 0.2) is 18.2 Å². The molecule has 7 heteroatoms.